The Morgan fingerprint density at radius 1 is 1.27 bits per heavy atom. The van der Waals surface area contributed by atoms with Crippen LogP contribution in [0.15, 0.2) is 36.5 Å². The van der Waals surface area contributed by atoms with Crippen molar-refractivity contribution in [2.75, 3.05) is 18.0 Å². The van der Waals surface area contributed by atoms with E-state index < -0.39 is 5.82 Å². The van der Waals surface area contributed by atoms with E-state index in [0.717, 1.165) is 31.6 Å². The number of benzene rings is 1. The molecule has 0 bridgehead atoms. The second kappa shape index (κ2) is 6.51. The van der Waals surface area contributed by atoms with Gasteiger partial charge >= 0.3 is 0 Å². The zero-order valence-electron chi connectivity index (χ0n) is 12.1. The lowest BCUT2D eigenvalue weighted by molar-refractivity contribution is 0.0950. The lowest BCUT2D eigenvalue weighted by atomic mass is 10.2. The molecule has 2 heterocycles. The Bertz CT molecular complexity index is 671. The molecule has 6 heteroatoms. The van der Waals surface area contributed by atoms with Crippen LogP contribution in [0, 0.1) is 5.82 Å². The molecular formula is C16H17FN4O. The van der Waals surface area contributed by atoms with E-state index in [1.807, 2.05) is 0 Å². The van der Waals surface area contributed by atoms with Gasteiger partial charge in [-0.05, 0) is 37.1 Å². The Labute approximate surface area is 128 Å². The summed E-state index contributed by atoms with van der Waals surface area (Å²) in [5.74, 6) is -0.0400. The summed E-state index contributed by atoms with van der Waals surface area (Å²) >= 11 is 0. The topological polar surface area (TPSA) is 58.1 Å². The highest BCUT2D eigenvalue weighted by atomic mass is 19.1. The Morgan fingerprint density at radius 3 is 2.86 bits per heavy atom. The molecule has 114 valence electrons. The van der Waals surface area contributed by atoms with Gasteiger partial charge in [-0.1, -0.05) is 6.07 Å². The Hall–Kier alpha value is -2.50. The van der Waals surface area contributed by atoms with Gasteiger partial charge in [-0.25, -0.2) is 14.4 Å². The molecule has 1 aliphatic rings. The zero-order valence-corrected chi connectivity index (χ0v) is 12.1. The Balaban J connectivity index is 1.63. The van der Waals surface area contributed by atoms with Crippen LogP contribution in [0.5, 0.6) is 0 Å². The second-order valence-corrected chi connectivity index (χ2v) is 5.24. The molecule has 1 aliphatic heterocycles. The standard InChI is InChI=1S/C16H17FN4O/c17-13-5-3-4-12(10-13)15(22)19-11-14-6-7-18-16(20-14)21-8-1-2-9-21/h3-7,10H,1-2,8-9,11H2,(H,19,22). The van der Waals surface area contributed by atoms with E-state index in [9.17, 15) is 9.18 Å². The number of hydrogen-bond acceptors (Lipinski definition) is 4. The minimum absolute atomic E-state index is 0.290. The number of anilines is 1. The number of hydrogen-bond donors (Lipinski definition) is 1. The van der Waals surface area contributed by atoms with E-state index in [4.69, 9.17) is 0 Å². The highest BCUT2D eigenvalue weighted by molar-refractivity contribution is 5.94. The van der Waals surface area contributed by atoms with Gasteiger partial charge in [0.05, 0.1) is 12.2 Å². The van der Waals surface area contributed by atoms with E-state index in [2.05, 4.69) is 20.2 Å². The van der Waals surface area contributed by atoms with E-state index in [1.165, 1.54) is 18.2 Å². The molecule has 5 nitrogen and oxygen atoms in total. The molecule has 3 rings (SSSR count). The van der Waals surface area contributed by atoms with Gasteiger partial charge in [0.1, 0.15) is 5.82 Å². The average Bonchev–Trinajstić information content (AvgIpc) is 3.07. The van der Waals surface area contributed by atoms with Crippen molar-refractivity contribution in [1.82, 2.24) is 15.3 Å². The maximum atomic E-state index is 13.1. The smallest absolute Gasteiger partial charge is 0.251 e. The van der Waals surface area contributed by atoms with Gasteiger partial charge in [0, 0.05) is 24.8 Å². The fourth-order valence-electron chi connectivity index (χ4n) is 2.46. The number of amides is 1. The summed E-state index contributed by atoms with van der Waals surface area (Å²) < 4.78 is 13.1. The fourth-order valence-corrected chi connectivity index (χ4v) is 2.46. The normalized spacial score (nSPS) is 14.1. The summed E-state index contributed by atoms with van der Waals surface area (Å²) in [5, 5.41) is 2.75. The van der Waals surface area contributed by atoms with Crippen molar-refractivity contribution in [2.45, 2.75) is 19.4 Å². The van der Waals surface area contributed by atoms with E-state index in [0.29, 0.717) is 18.1 Å². The number of carbonyl (C=O) groups excluding carboxylic acids is 1. The van der Waals surface area contributed by atoms with E-state index in [1.54, 1.807) is 18.3 Å². The van der Waals surface area contributed by atoms with Crippen LogP contribution >= 0.6 is 0 Å². The van der Waals surface area contributed by atoms with Crippen LogP contribution < -0.4 is 10.2 Å². The first kappa shape index (κ1) is 14.4. The van der Waals surface area contributed by atoms with Crippen molar-refractivity contribution in [1.29, 1.82) is 0 Å². The molecule has 0 aliphatic carbocycles. The lowest BCUT2D eigenvalue weighted by Crippen LogP contribution is -2.25. The van der Waals surface area contributed by atoms with Crippen molar-refractivity contribution in [3.05, 3.63) is 53.6 Å². The van der Waals surface area contributed by atoms with Crippen molar-refractivity contribution >= 4 is 11.9 Å². The minimum atomic E-state index is -0.425. The number of nitrogens with zero attached hydrogens (tertiary/aromatic N) is 3. The predicted molar refractivity (Wildman–Crippen MR) is 81.0 cm³/mol. The molecule has 0 unspecified atom stereocenters. The fraction of sp³-hybridized carbons (Fsp3) is 0.312. The second-order valence-electron chi connectivity index (χ2n) is 5.24. The number of nitrogens with one attached hydrogen (secondary N) is 1. The van der Waals surface area contributed by atoms with Crippen molar-refractivity contribution in [3.63, 3.8) is 0 Å². The van der Waals surface area contributed by atoms with Gasteiger partial charge < -0.3 is 10.2 Å². The molecular weight excluding hydrogens is 283 g/mol. The summed E-state index contributed by atoms with van der Waals surface area (Å²) in [4.78, 5) is 22.9. The highest BCUT2D eigenvalue weighted by Gasteiger charge is 2.15. The monoisotopic (exact) mass is 300 g/mol. The third kappa shape index (κ3) is 3.39. The van der Waals surface area contributed by atoms with Gasteiger partial charge in [-0.3, -0.25) is 4.79 Å². The molecule has 1 amide bonds. The Morgan fingerprint density at radius 2 is 2.09 bits per heavy atom. The van der Waals surface area contributed by atoms with Crippen molar-refractivity contribution < 1.29 is 9.18 Å². The van der Waals surface area contributed by atoms with Crippen LogP contribution in [0.1, 0.15) is 28.9 Å². The number of aromatic nitrogens is 2. The minimum Gasteiger partial charge on any atom is -0.346 e. The number of carbonyl (C=O) groups is 1. The van der Waals surface area contributed by atoms with Crippen molar-refractivity contribution in [3.8, 4) is 0 Å². The lowest BCUT2D eigenvalue weighted by Gasteiger charge is -2.15. The first-order valence-electron chi connectivity index (χ1n) is 7.33. The first-order chi connectivity index (χ1) is 10.7. The van der Waals surface area contributed by atoms with Crippen LogP contribution in [0.4, 0.5) is 10.3 Å². The van der Waals surface area contributed by atoms with Crippen LogP contribution in [0.2, 0.25) is 0 Å². The summed E-state index contributed by atoms with van der Waals surface area (Å²) in [6.45, 7) is 2.23. The molecule has 0 spiro atoms. The molecule has 1 aromatic heterocycles. The molecule has 1 aromatic carbocycles. The molecule has 0 saturated carbocycles. The van der Waals surface area contributed by atoms with Gasteiger partial charge in [0.15, 0.2) is 0 Å². The third-order valence-electron chi connectivity index (χ3n) is 3.61. The van der Waals surface area contributed by atoms with E-state index in [-0.39, 0.29) is 5.91 Å². The molecule has 1 fully saturated rings. The van der Waals surface area contributed by atoms with Crippen molar-refractivity contribution in [2.24, 2.45) is 0 Å². The van der Waals surface area contributed by atoms with Gasteiger partial charge in [-0.15, -0.1) is 0 Å². The maximum absolute atomic E-state index is 13.1. The molecule has 2 aromatic rings. The van der Waals surface area contributed by atoms with Crippen LogP contribution in [-0.2, 0) is 6.54 Å². The van der Waals surface area contributed by atoms with Crippen LogP contribution in [0.3, 0.4) is 0 Å². The average molecular weight is 300 g/mol. The summed E-state index contributed by atoms with van der Waals surface area (Å²) in [6, 6.07) is 7.38. The zero-order chi connectivity index (χ0) is 15.4. The summed E-state index contributed by atoms with van der Waals surface area (Å²) in [5.41, 5.74) is 1.04. The maximum Gasteiger partial charge on any atom is 0.251 e. The van der Waals surface area contributed by atoms with Crippen LogP contribution in [-0.4, -0.2) is 29.0 Å². The van der Waals surface area contributed by atoms with Gasteiger partial charge in [-0.2, -0.15) is 0 Å². The van der Waals surface area contributed by atoms with Gasteiger partial charge in [0.25, 0.3) is 5.91 Å². The third-order valence-corrected chi connectivity index (χ3v) is 3.61. The summed E-state index contributed by atoms with van der Waals surface area (Å²) in [6.07, 6.45) is 4.01. The Kier molecular flexibility index (Phi) is 4.27. The molecule has 0 radical (unpaired) electrons. The van der Waals surface area contributed by atoms with Crippen LogP contribution in [0.25, 0.3) is 0 Å². The quantitative estimate of drug-likeness (QED) is 0.940. The number of halogens is 1. The van der Waals surface area contributed by atoms with Gasteiger partial charge in [0.2, 0.25) is 5.95 Å². The molecule has 0 atom stereocenters. The predicted octanol–water partition coefficient (Wildman–Crippen LogP) is 2.15. The van der Waals surface area contributed by atoms with E-state index >= 15 is 0 Å². The highest BCUT2D eigenvalue weighted by Crippen LogP contribution is 2.15. The SMILES string of the molecule is O=C(NCc1ccnc(N2CCCC2)n1)c1cccc(F)c1. The number of rotatable bonds is 4. The summed E-state index contributed by atoms with van der Waals surface area (Å²) in [7, 11) is 0. The molecule has 1 N–H and O–H groups in total. The largest absolute Gasteiger partial charge is 0.346 e. The molecule has 22 heavy (non-hydrogen) atoms. The first-order valence-corrected chi connectivity index (χ1v) is 7.33. The molecule has 1 saturated heterocycles.